The van der Waals surface area contributed by atoms with Crippen molar-refractivity contribution in [2.75, 3.05) is 30.1 Å². The van der Waals surface area contributed by atoms with Crippen LogP contribution >= 0.6 is 19.6 Å². The van der Waals surface area contributed by atoms with Gasteiger partial charge in [-0.2, -0.15) is 11.8 Å². The van der Waals surface area contributed by atoms with Gasteiger partial charge in [0, 0.05) is 18.8 Å². The first-order valence-electron chi connectivity index (χ1n) is 11.6. The predicted octanol–water partition coefficient (Wildman–Crippen LogP) is 4.93. The van der Waals surface area contributed by atoms with Gasteiger partial charge >= 0.3 is 7.82 Å². The number of hydrogen-bond acceptors (Lipinski definition) is 5. The smallest absolute Gasteiger partial charge is 0.396 e. The van der Waals surface area contributed by atoms with Crippen molar-refractivity contribution >= 4 is 29.4 Å². The van der Waals surface area contributed by atoms with Gasteiger partial charge in [0.05, 0.1) is 5.75 Å². The van der Waals surface area contributed by atoms with E-state index in [1.165, 1.54) is 96.1 Å². The van der Waals surface area contributed by atoms with Gasteiger partial charge in [0.1, 0.15) is 9.84 Å². The van der Waals surface area contributed by atoms with Gasteiger partial charge in [-0.25, -0.2) is 13.0 Å². The highest BCUT2D eigenvalue weighted by Gasteiger charge is 2.14. The van der Waals surface area contributed by atoms with Crippen molar-refractivity contribution in [1.29, 1.82) is 0 Å². The number of sulfone groups is 1. The molecule has 7 nitrogen and oxygen atoms in total. The van der Waals surface area contributed by atoms with E-state index < -0.39 is 17.7 Å². The third-order valence-corrected chi connectivity index (χ3v) is 7.15. The molecule has 0 bridgehead atoms. The first-order chi connectivity index (χ1) is 14.5. The molecule has 1 unspecified atom stereocenters. The minimum atomic E-state index is -4.64. The Morgan fingerprint density at radius 2 is 1.13 bits per heavy atom. The quantitative estimate of drug-likeness (QED) is 0.135. The van der Waals surface area contributed by atoms with Crippen molar-refractivity contribution in [3.63, 3.8) is 0 Å². The van der Waals surface area contributed by atoms with Crippen molar-refractivity contribution in [2.24, 2.45) is 5.92 Å². The second kappa shape index (κ2) is 22.2. The minimum Gasteiger partial charge on any atom is -0.396 e. The van der Waals surface area contributed by atoms with E-state index in [1.807, 2.05) is 0 Å². The summed E-state index contributed by atoms with van der Waals surface area (Å²) in [5, 5.41) is 9.24. The van der Waals surface area contributed by atoms with Gasteiger partial charge in [0.2, 0.25) is 0 Å². The fraction of sp³-hybridized carbons (Fsp3) is 1.00. The molecule has 10 heteroatoms. The van der Waals surface area contributed by atoms with E-state index >= 15 is 0 Å². The predicted molar refractivity (Wildman–Crippen MR) is 132 cm³/mol. The highest BCUT2D eigenvalue weighted by atomic mass is 32.2. The lowest BCUT2D eigenvalue weighted by Gasteiger charge is -2.12. The molecule has 0 saturated carbocycles. The van der Waals surface area contributed by atoms with E-state index in [1.54, 1.807) is 11.8 Å². The van der Waals surface area contributed by atoms with Crippen LogP contribution in [0.15, 0.2) is 0 Å². The number of rotatable bonds is 20. The van der Waals surface area contributed by atoms with Crippen LogP contribution in [0.3, 0.4) is 0 Å². The molecule has 0 fully saturated rings. The van der Waals surface area contributed by atoms with Crippen LogP contribution in [-0.4, -0.2) is 58.3 Å². The zero-order chi connectivity index (χ0) is 24.0. The maximum Gasteiger partial charge on any atom is 0.466 e. The van der Waals surface area contributed by atoms with E-state index in [9.17, 15) is 13.5 Å². The van der Waals surface area contributed by atoms with Crippen molar-refractivity contribution in [3.8, 4) is 0 Å². The number of unbranched alkanes of at least 4 members (excludes halogenated alkanes) is 13. The monoisotopic (exact) mass is 506 g/mol. The Hall–Kier alpha value is 0.370. The standard InChI is InChI=1S/C21H44O3S2.H3O4P/c1-3-4-5-6-7-8-9-10-11-12-13-14-15-16-17-25-19-21(18-22)20-26(2,23)24;1-5(2,3)4/h21-22H,3-20H2,1-2H3;(H3,1,2,3,4). The summed E-state index contributed by atoms with van der Waals surface area (Å²) in [5.74, 6) is 1.83. The molecule has 190 valence electrons. The molecule has 1 atom stereocenters. The summed E-state index contributed by atoms with van der Waals surface area (Å²) >= 11 is 1.79. The maximum atomic E-state index is 11.3. The summed E-state index contributed by atoms with van der Waals surface area (Å²) < 4.78 is 31.4. The second-order valence-electron chi connectivity index (χ2n) is 8.33. The summed E-state index contributed by atoms with van der Waals surface area (Å²) in [6, 6.07) is 0. The molecular weight excluding hydrogens is 459 g/mol. The molecule has 0 saturated heterocycles. The molecule has 31 heavy (non-hydrogen) atoms. The highest BCUT2D eigenvalue weighted by Crippen LogP contribution is 2.25. The van der Waals surface area contributed by atoms with Gasteiger partial charge in [0.25, 0.3) is 0 Å². The minimum absolute atomic E-state index is 0.0290. The molecule has 4 N–H and O–H groups in total. The number of hydrogen-bond donors (Lipinski definition) is 4. The lowest BCUT2D eigenvalue weighted by Crippen LogP contribution is -2.20. The SMILES string of the molecule is CCCCCCCCCCCCCCCCSCC(CO)CS(C)(=O)=O.O=P(O)(O)O. The number of aliphatic hydroxyl groups excluding tert-OH is 1. The van der Waals surface area contributed by atoms with Gasteiger partial charge in [-0.3, -0.25) is 0 Å². The largest absolute Gasteiger partial charge is 0.466 e. The Morgan fingerprint density at radius 3 is 1.45 bits per heavy atom. The molecule has 0 aromatic heterocycles. The molecule has 0 aliphatic carbocycles. The Bertz CT molecular complexity index is 516. The number of thioether (sulfide) groups is 1. The van der Waals surface area contributed by atoms with Crippen molar-refractivity contribution in [3.05, 3.63) is 0 Å². The molecular formula is C21H47O7PS2. The number of phosphoric acid groups is 1. The molecule has 0 heterocycles. The Kier molecular flexibility index (Phi) is 24.0. The van der Waals surface area contributed by atoms with Gasteiger partial charge in [-0.15, -0.1) is 0 Å². The summed E-state index contributed by atoms with van der Waals surface area (Å²) in [7, 11) is -7.62. The molecule has 0 amide bonds. The van der Waals surface area contributed by atoms with Crippen molar-refractivity contribution < 1.29 is 32.8 Å². The van der Waals surface area contributed by atoms with Gasteiger partial charge < -0.3 is 19.8 Å². The first-order valence-corrected chi connectivity index (χ1v) is 16.4. The fourth-order valence-corrected chi connectivity index (χ4v) is 5.59. The summed E-state index contributed by atoms with van der Waals surface area (Å²) in [4.78, 5) is 21.6. The molecule has 0 aliphatic heterocycles. The van der Waals surface area contributed by atoms with E-state index in [2.05, 4.69) is 6.92 Å². The molecule has 0 spiro atoms. The van der Waals surface area contributed by atoms with Crippen molar-refractivity contribution in [2.45, 2.75) is 96.8 Å². The molecule has 0 aromatic carbocycles. The van der Waals surface area contributed by atoms with Crippen LogP contribution in [0.2, 0.25) is 0 Å². The maximum absolute atomic E-state index is 11.3. The third kappa shape index (κ3) is 38.0. The topological polar surface area (TPSA) is 132 Å². The summed E-state index contributed by atoms with van der Waals surface area (Å²) in [6.45, 7) is 2.24. The Morgan fingerprint density at radius 1 is 0.774 bits per heavy atom. The zero-order valence-electron chi connectivity index (χ0n) is 19.6. The zero-order valence-corrected chi connectivity index (χ0v) is 22.1. The van der Waals surface area contributed by atoms with Gasteiger partial charge in [0.15, 0.2) is 0 Å². The van der Waals surface area contributed by atoms with Crippen LogP contribution in [0.5, 0.6) is 0 Å². The molecule has 0 aliphatic rings. The van der Waals surface area contributed by atoms with Crippen LogP contribution < -0.4 is 0 Å². The van der Waals surface area contributed by atoms with Crippen LogP contribution in [-0.2, 0) is 14.4 Å². The van der Waals surface area contributed by atoms with Crippen LogP contribution in [0.1, 0.15) is 96.8 Å². The number of aliphatic hydroxyl groups is 1. The average Bonchev–Trinajstić information content (AvgIpc) is 2.64. The van der Waals surface area contributed by atoms with Crippen LogP contribution in [0, 0.1) is 5.92 Å². The Balaban J connectivity index is 0. The summed E-state index contributed by atoms with van der Waals surface area (Å²) in [5.41, 5.74) is 0. The lowest BCUT2D eigenvalue weighted by atomic mass is 10.0. The first kappa shape index (κ1) is 33.5. The summed E-state index contributed by atoms with van der Waals surface area (Å²) in [6.07, 6.45) is 20.5. The van der Waals surface area contributed by atoms with E-state index in [0.29, 0.717) is 0 Å². The van der Waals surface area contributed by atoms with Crippen LogP contribution in [0.4, 0.5) is 0 Å². The van der Waals surface area contributed by atoms with E-state index in [4.69, 9.17) is 19.2 Å². The van der Waals surface area contributed by atoms with E-state index in [0.717, 1.165) is 11.5 Å². The van der Waals surface area contributed by atoms with E-state index in [-0.39, 0.29) is 18.3 Å². The third-order valence-electron chi connectivity index (χ3n) is 4.79. The van der Waals surface area contributed by atoms with Gasteiger partial charge in [-0.1, -0.05) is 90.4 Å². The normalized spacial score (nSPS) is 13.0. The molecule has 0 rings (SSSR count). The second-order valence-corrected chi connectivity index (χ2v) is 12.7. The fourth-order valence-electron chi connectivity index (χ4n) is 3.23. The Labute approximate surface area is 195 Å². The van der Waals surface area contributed by atoms with Gasteiger partial charge in [-0.05, 0) is 17.9 Å². The molecule has 0 radical (unpaired) electrons. The van der Waals surface area contributed by atoms with Crippen molar-refractivity contribution in [1.82, 2.24) is 0 Å². The molecule has 0 aromatic rings. The average molecular weight is 507 g/mol. The van der Waals surface area contributed by atoms with Crippen LogP contribution in [0.25, 0.3) is 0 Å². The lowest BCUT2D eigenvalue weighted by molar-refractivity contribution is 0.251. The highest BCUT2D eigenvalue weighted by molar-refractivity contribution is 7.99.